The van der Waals surface area contributed by atoms with E-state index < -0.39 is 11.4 Å². The third kappa shape index (κ3) is 7.27. The number of ether oxygens (including phenoxy) is 1. The van der Waals surface area contributed by atoms with Crippen LogP contribution in [0.3, 0.4) is 0 Å². The van der Waals surface area contributed by atoms with Gasteiger partial charge in [-0.1, -0.05) is 24.9 Å². The molecule has 0 aliphatic rings. The quantitative estimate of drug-likeness (QED) is 0.701. The van der Waals surface area contributed by atoms with E-state index in [1.165, 1.54) is 12.1 Å². The van der Waals surface area contributed by atoms with Crippen molar-refractivity contribution in [2.24, 2.45) is 0 Å². The summed E-state index contributed by atoms with van der Waals surface area (Å²) in [5.74, 6) is -0.779. The van der Waals surface area contributed by atoms with Gasteiger partial charge in [-0.05, 0) is 57.1 Å². The molecule has 0 atom stereocenters. The van der Waals surface area contributed by atoms with Gasteiger partial charge in [-0.15, -0.1) is 0 Å². The summed E-state index contributed by atoms with van der Waals surface area (Å²) < 4.78 is 19.6. The number of nitrogens with one attached hydrogen (secondary N) is 1. The first kappa shape index (κ1) is 19.8. The molecule has 0 aromatic heterocycles. The predicted molar refractivity (Wildman–Crippen MR) is 96.7 cm³/mol. The van der Waals surface area contributed by atoms with E-state index in [-0.39, 0.29) is 23.0 Å². The lowest BCUT2D eigenvalue weighted by atomic mass is 10.1. The zero-order valence-corrected chi connectivity index (χ0v) is 15.5. The minimum absolute atomic E-state index is 0.115. The van der Waals surface area contributed by atoms with Gasteiger partial charge in [0.15, 0.2) is 5.05 Å². The van der Waals surface area contributed by atoms with Gasteiger partial charge in [0.2, 0.25) is 5.91 Å². The molecule has 0 aliphatic carbocycles. The fourth-order valence-corrected chi connectivity index (χ4v) is 2.53. The largest absolute Gasteiger partial charge is 0.481 e. The molecule has 0 unspecified atom stereocenters. The second kappa shape index (κ2) is 8.60. The highest BCUT2D eigenvalue weighted by Crippen LogP contribution is 2.26. The van der Waals surface area contributed by atoms with Crippen LogP contribution in [0.4, 0.5) is 10.1 Å². The Balaban J connectivity index is 2.87. The van der Waals surface area contributed by atoms with Crippen LogP contribution in [-0.2, 0) is 16.0 Å². The van der Waals surface area contributed by atoms with Crippen LogP contribution in [0.5, 0.6) is 0 Å². The lowest BCUT2D eigenvalue weighted by molar-refractivity contribution is -0.116. The number of anilines is 1. The molecular weight excluding hydrogens is 337 g/mol. The second-order valence-corrected chi connectivity index (χ2v) is 7.20. The fourth-order valence-electron chi connectivity index (χ4n) is 1.91. The van der Waals surface area contributed by atoms with Crippen LogP contribution >= 0.6 is 23.8 Å². The summed E-state index contributed by atoms with van der Waals surface area (Å²) in [7, 11) is 0. The number of carbonyl (C=O) groups is 1. The van der Waals surface area contributed by atoms with Crippen LogP contribution in [0.2, 0.25) is 5.02 Å². The molecule has 1 rings (SSSR count). The lowest BCUT2D eigenvalue weighted by Gasteiger charge is -2.22. The number of rotatable bonds is 6. The van der Waals surface area contributed by atoms with Crippen LogP contribution in [0, 0.1) is 5.82 Å². The van der Waals surface area contributed by atoms with Gasteiger partial charge in [-0.25, -0.2) is 4.39 Å². The van der Waals surface area contributed by atoms with Crippen molar-refractivity contribution in [3.05, 3.63) is 28.5 Å². The van der Waals surface area contributed by atoms with Gasteiger partial charge < -0.3 is 10.1 Å². The highest BCUT2D eigenvalue weighted by Gasteiger charge is 2.17. The average molecular weight is 360 g/mol. The summed E-state index contributed by atoms with van der Waals surface area (Å²) in [4.78, 5) is 11.8. The molecule has 1 aromatic rings. The van der Waals surface area contributed by atoms with Crippen molar-refractivity contribution >= 4 is 40.5 Å². The first-order valence-electron chi connectivity index (χ1n) is 7.62. The maximum Gasteiger partial charge on any atom is 0.224 e. The van der Waals surface area contributed by atoms with E-state index in [4.69, 9.17) is 28.6 Å². The number of carbonyl (C=O) groups excluding carboxylic acids is 1. The molecule has 6 heteroatoms. The van der Waals surface area contributed by atoms with E-state index in [2.05, 4.69) is 5.32 Å². The molecule has 1 N–H and O–H groups in total. The summed E-state index contributed by atoms with van der Waals surface area (Å²) in [5, 5.41) is 3.21. The molecule has 0 heterocycles. The highest BCUT2D eigenvalue weighted by molar-refractivity contribution is 7.80. The molecule has 0 bridgehead atoms. The van der Waals surface area contributed by atoms with E-state index in [1.54, 1.807) is 0 Å². The molecule has 3 nitrogen and oxygen atoms in total. The fraction of sp³-hybridized carbons (Fsp3) is 0.529. The smallest absolute Gasteiger partial charge is 0.224 e. The van der Waals surface area contributed by atoms with Crippen LogP contribution in [0.15, 0.2) is 12.1 Å². The van der Waals surface area contributed by atoms with Crippen molar-refractivity contribution in [2.45, 2.75) is 59.0 Å². The topological polar surface area (TPSA) is 38.3 Å². The molecule has 0 aliphatic heterocycles. The molecule has 1 aromatic carbocycles. The van der Waals surface area contributed by atoms with Gasteiger partial charge in [0, 0.05) is 17.9 Å². The van der Waals surface area contributed by atoms with Gasteiger partial charge in [0.25, 0.3) is 0 Å². The maximum absolute atomic E-state index is 14.0. The molecule has 0 fully saturated rings. The predicted octanol–water partition coefficient (Wildman–Crippen LogP) is 5.29. The van der Waals surface area contributed by atoms with Crippen LogP contribution in [-0.4, -0.2) is 16.6 Å². The standard InChI is InChI=1S/C17H23ClFNO2S/c1-5-6-7-15(21)20-14-8-11(12(18)10-13(14)19)9-16(23)22-17(2,3)4/h8,10H,5-7,9H2,1-4H3,(H,20,21). The number of amides is 1. The monoisotopic (exact) mass is 359 g/mol. The summed E-state index contributed by atoms with van der Waals surface area (Å²) >= 11 is 11.3. The Hall–Kier alpha value is -1.20. The first-order chi connectivity index (χ1) is 10.6. The maximum atomic E-state index is 14.0. The second-order valence-electron chi connectivity index (χ2n) is 6.34. The molecule has 128 valence electrons. The summed E-state index contributed by atoms with van der Waals surface area (Å²) in [6, 6.07) is 2.70. The van der Waals surface area contributed by atoms with E-state index in [0.717, 1.165) is 12.8 Å². The molecule has 23 heavy (non-hydrogen) atoms. The third-order valence-corrected chi connectivity index (χ3v) is 3.50. The van der Waals surface area contributed by atoms with Gasteiger partial charge in [-0.2, -0.15) is 0 Å². The van der Waals surface area contributed by atoms with E-state index in [1.807, 2.05) is 27.7 Å². The zero-order valence-electron chi connectivity index (χ0n) is 14.0. The lowest BCUT2D eigenvalue weighted by Crippen LogP contribution is -2.24. The van der Waals surface area contributed by atoms with E-state index >= 15 is 0 Å². The minimum atomic E-state index is -0.564. The number of halogens is 2. The molecular formula is C17H23ClFNO2S. The zero-order chi connectivity index (χ0) is 17.6. The van der Waals surface area contributed by atoms with E-state index in [0.29, 0.717) is 17.0 Å². The van der Waals surface area contributed by atoms with Crippen molar-refractivity contribution < 1.29 is 13.9 Å². The number of unbranched alkanes of at least 4 members (excludes halogenated alkanes) is 1. The minimum Gasteiger partial charge on any atom is -0.481 e. The molecule has 0 spiro atoms. The summed E-state index contributed by atoms with van der Waals surface area (Å²) in [6.45, 7) is 7.67. The number of benzene rings is 1. The number of hydrogen-bond acceptors (Lipinski definition) is 3. The highest BCUT2D eigenvalue weighted by atomic mass is 35.5. The van der Waals surface area contributed by atoms with Crippen molar-refractivity contribution in [3.63, 3.8) is 0 Å². The van der Waals surface area contributed by atoms with Gasteiger partial charge >= 0.3 is 0 Å². The Labute approximate surface area is 147 Å². The van der Waals surface area contributed by atoms with Gasteiger partial charge in [-0.3, -0.25) is 4.79 Å². The van der Waals surface area contributed by atoms with Gasteiger partial charge in [0.05, 0.1) is 5.69 Å². The Morgan fingerprint density at radius 1 is 1.39 bits per heavy atom. The van der Waals surface area contributed by atoms with Crippen LogP contribution < -0.4 is 5.32 Å². The molecule has 0 radical (unpaired) electrons. The van der Waals surface area contributed by atoms with Crippen molar-refractivity contribution in [3.8, 4) is 0 Å². The van der Waals surface area contributed by atoms with Crippen molar-refractivity contribution in [1.82, 2.24) is 0 Å². The third-order valence-electron chi connectivity index (χ3n) is 2.92. The van der Waals surface area contributed by atoms with E-state index in [9.17, 15) is 9.18 Å². The first-order valence-corrected chi connectivity index (χ1v) is 8.40. The SMILES string of the molecule is CCCCC(=O)Nc1cc(CC(=S)OC(C)(C)C)c(Cl)cc1F. The molecule has 0 saturated heterocycles. The van der Waals surface area contributed by atoms with Gasteiger partial charge in [0.1, 0.15) is 11.4 Å². The molecule has 0 saturated carbocycles. The Kier molecular flexibility index (Phi) is 7.42. The Bertz CT molecular complexity index is 585. The Morgan fingerprint density at radius 3 is 2.61 bits per heavy atom. The summed E-state index contributed by atoms with van der Waals surface area (Å²) in [6.07, 6.45) is 2.31. The van der Waals surface area contributed by atoms with Crippen LogP contribution in [0.1, 0.15) is 52.5 Å². The summed E-state index contributed by atoms with van der Waals surface area (Å²) in [5.41, 5.74) is 0.331. The van der Waals surface area contributed by atoms with Crippen molar-refractivity contribution in [2.75, 3.05) is 5.32 Å². The average Bonchev–Trinajstić information content (AvgIpc) is 2.39. The van der Waals surface area contributed by atoms with Crippen LogP contribution in [0.25, 0.3) is 0 Å². The molecule has 1 amide bonds. The number of thiocarbonyl (C=S) groups is 1. The normalized spacial score (nSPS) is 11.2. The number of hydrogen-bond donors (Lipinski definition) is 1. The Morgan fingerprint density at radius 2 is 2.04 bits per heavy atom. The van der Waals surface area contributed by atoms with Crippen molar-refractivity contribution in [1.29, 1.82) is 0 Å².